The Balaban J connectivity index is 0.00000123. The molecule has 1 aliphatic rings. The number of benzene rings is 1. The van der Waals surface area contributed by atoms with Gasteiger partial charge in [-0.25, -0.2) is 0 Å². The largest absolute Gasteiger partial charge is 0.469 e. The normalized spacial score (nSPS) is 18.8. The predicted octanol–water partition coefficient (Wildman–Crippen LogP) is 3.69. The van der Waals surface area contributed by atoms with Gasteiger partial charge in [0.15, 0.2) is 0 Å². The highest BCUT2D eigenvalue weighted by Crippen LogP contribution is 2.39. The lowest BCUT2D eigenvalue weighted by Gasteiger charge is -2.18. The maximum absolute atomic E-state index is 11.1. The van der Waals surface area contributed by atoms with E-state index in [4.69, 9.17) is 5.11 Å². The minimum Gasteiger partial charge on any atom is -0.469 e. The smallest absolute Gasteiger partial charge is 0.305 e. The van der Waals surface area contributed by atoms with E-state index in [0.29, 0.717) is 18.3 Å². The minimum atomic E-state index is -0.141. The summed E-state index contributed by atoms with van der Waals surface area (Å²) < 4.78 is 4.66. The van der Waals surface area contributed by atoms with Gasteiger partial charge in [-0.1, -0.05) is 44.5 Å². The van der Waals surface area contributed by atoms with Crippen molar-refractivity contribution in [2.45, 2.75) is 58.3 Å². The van der Waals surface area contributed by atoms with Crippen LogP contribution < -0.4 is 0 Å². The number of carbonyl (C=O) groups excluding carboxylic acids is 1. The Morgan fingerprint density at radius 3 is 2.58 bits per heavy atom. The van der Waals surface area contributed by atoms with E-state index in [1.165, 1.54) is 31.1 Å². The van der Waals surface area contributed by atoms with Crippen molar-refractivity contribution >= 4 is 5.97 Å². The van der Waals surface area contributed by atoms with Crippen LogP contribution in [0.1, 0.15) is 63.0 Å². The van der Waals surface area contributed by atoms with Crippen molar-refractivity contribution in [1.29, 1.82) is 0 Å². The SMILES string of the molecule is CC.CO.COC(=O)CCCc1cccc([C@H]2CCCC2CO)c1. The van der Waals surface area contributed by atoms with Crippen LogP contribution >= 0.6 is 0 Å². The van der Waals surface area contributed by atoms with E-state index in [1.807, 2.05) is 13.8 Å². The fourth-order valence-corrected chi connectivity index (χ4v) is 3.21. The predicted molar refractivity (Wildman–Crippen MR) is 98.1 cm³/mol. The van der Waals surface area contributed by atoms with Gasteiger partial charge in [0.1, 0.15) is 0 Å². The minimum absolute atomic E-state index is 0.141. The molecule has 1 aliphatic carbocycles. The van der Waals surface area contributed by atoms with Crippen LogP contribution in [0.5, 0.6) is 0 Å². The second kappa shape index (κ2) is 14.0. The van der Waals surface area contributed by atoms with Crippen LogP contribution in [0.2, 0.25) is 0 Å². The number of ether oxygens (including phenoxy) is 1. The quantitative estimate of drug-likeness (QED) is 0.776. The molecule has 1 aromatic carbocycles. The molecule has 2 atom stereocenters. The Hall–Kier alpha value is -1.39. The van der Waals surface area contributed by atoms with Crippen molar-refractivity contribution in [3.05, 3.63) is 35.4 Å². The molecule has 0 saturated heterocycles. The summed E-state index contributed by atoms with van der Waals surface area (Å²) in [6.45, 7) is 4.29. The lowest BCUT2D eigenvalue weighted by Crippen LogP contribution is -2.10. The first-order valence-corrected chi connectivity index (χ1v) is 8.96. The molecule has 0 aliphatic heterocycles. The number of hydrogen-bond acceptors (Lipinski definition) is 4. The standard InChI is InChI=1S/C17H24O3.C2H6.CH4O/c1-20-17(19)10-3-6-13-5-2-7-14(11-13)16-9-4-8-15(16)12-18;2*1-2/h2,5,7,11,15-16,18H,3-4,6,8-10,12H2,1H3;1-2H3;2H,1H3/t15?,16-;;/m1../s1. The third-order valence-electron chi connectivity index (χ3n) is 4.35. The number of esters is 1. The molecule has 0 heterocycles. The van der Waals surface area contributed by atoms with Gasteiger partial charge in [-0.3, -0.25) is 4.79 Å². The van der Waals surface area contributed by atoms with Crippen LogP contribution in [0.25, 0.3) is 0 Å². The van der Waals surface area contributed by atoms with Gasteiger partial charge < -0.3 is 14.9 Å². The highest BCUT2D eigenvalue weighted by Gasteiger charge is 2.27. The molecule has 2 rings (SSSR count). The average Bonchev–Trinajstić information content (AvgIpc) is 3.14. The number of hydrogen-bond donors (Lipinski definition) is 2. The summed E-state index contributed by atoms with van der Waals surface area (Å²) in [6, 6.07) is 8.62. The van der Waals surface area contributed by atoms with Crippen molar-refractivity contribution in [1.82, 2.24) is 0 Å². The first-order chi connectivity index (χ1) is 11.7. The Kier molecular flexibility index (Phi) is 13.2. The Morgan fingerprint density at radius 1 is 1.25 bits per heavy atom. The van der Waals surface area contributed by atoms with Crippen LogP contribution in [0.4, 0.5) is 0 Å². The van der Waals surface area contributed by atoms with E-state index in [9.17, 15) is 9.90 Å². The summed E-state index contributed by atoms with van der Waals surface area (Å²) in [5.74, 6) is 0.776. The van der Waals surface area contributed by atoms with Crippen LogP contribution in [-0.2, 0) is 16.0 Å². The van der Waals surface area contributed by atoms with Crippen molar-refractivity contribution in [3.63, 3.8) is 0 Å². The Morgan fingerprint density at radius 2 is 1.96 bits per heavy atom. The molecule has 0 radical (unpaired) electrons. The van der Waals surface area contributed by atoms with E-state index in [1.54, 1.807) is 0 Å². The topological polar surface area (TPSA) is 66.8 Å². The maximum Gasteiger partial charge on any atom is 0.305 e. The van der Waals surface area contributed by atoms with E-state index in [-0.39, 0.29) is 12.6 Å². The van der Waals surface area contributed by atoms with Gasteiger partial charge in [-0.15, -0.1) is 0 Å². The summed E-state index contributed by atoms with van der Waals surface area (Å²) in [5.41, 5.74) is 2.62. The maximum atomic E-state index is 11.1. The monoisotopic (exact) mass is 338 g/mol. The molecule has 1 fully saturated rings. The number of aryl methyl sites for hydroxylation is 1. The number of aliphatic hydroxyl groups excluding tert-OH is 2. The van der Waals surface area contributed by atoms with Crippen LogP contribution in [0.15, 0.2) is 24.3 Å². The fourth-order valence-electron chi connectivity index (χ4n) is 3.21. The number of carbonyl (C=O) groups is 1. The third-order valence-corrected chi connectivity index (χ3v) is 4.35. The molecule has 1 saturated carbocycles. The summed E-state index contributed by atoms with van der Waals surface area (Å²) in [6.07, 6.45) is 5.72. The second-order valence-corrected chi connectivity index (χ2v) is 5.65. The summed E-state index contributed by atoms with van der Waals surface area (Å²) in [7, 11) is 2.43. The highest BCUT2D eigenvalue weighted by molar-refractivity contribution is 5.69. The van der Waals surface area contributed by atoms with Gasteiger partial charge in [0.05, 0.1) is 7.11 Å². The number of rotatable bonds is 6. The molecule has 138 valence electrons. The van der Waals surface area contributed by atoms with Crippen LogP contribution in [-0.4, -0.2) is 37.0 Å². The zero-order valence-electron chi connectivity index (χ0n) is 15.6. The molecular formula is C20H34O4. The van der Waals surface area contributed by atoms with Gasteiger partial charge in [-0.2, -0.15) is 0 Å². The Bertz CT molecular complexity index is 445. The van der Waals surface area contributed by atoms with Gasteiger partial charge in [0, 0.05) is 20.1 Å². The van der Waals surface area contributed by atoms with E-state index < -0.39 is 0 Å². The van der Waals surface area contributed by atoms with Gasteiger partial charge in [0.2, 0.25) is 0 Å². The first-order valence-electron chi connectivity index (χ1n) is 8.96. The lowest BCUT2D eigenvalue weighted by atomic mass is 9.88. The average molecular weight is 338 g/mol. The third kappa shape index (κ3) is 7.45. The van der Waals surface area contributed by atoms with Crippen LogP contribution in [0, 0.1) is 5.92 Å². The molecule has 1 aromatic rings. The molecule has 4 nitrogen and oxygen atoms in total. The zero-order chi connectivity index (χ0) is 18.4. The molecule has 1 unspecified atom stereocenters. The molecule has 24 heavy (non-hydrogen) atoms. The zero-order valence-corrected chi connectivity index (χ0v) is 15.6. The van der Waals surface area contributed by atoms with Crippen molar-refractivity contribution in [2.24, 2.45) is 5.92 Å². The van der Waals surface area contributed by atoms with Gasteiger partial charge in [-0.05, 0) is 48.6 Å². The van der Waals surface area contributed by atoms with E-state index >= 15 is 0 Å². The second-order valence-electron chi connectivity index (χ2n) is 5.65. The first kappa shape index (κ1) is 22.6. The van der Waals surface area contributed by atoms with E-state index in [2.05, 4.69) is 29.0 Å². The molecule has 0 bridgehead atoms. The van der Waals surface area contributed by atoms with Gasteiger partial charge >= 0.3 is 5.97 Å². The van der Waals surface area contributed by atoms with Crippen molar-refractivity contribution < 1.29 is 19.7 Å². The molecular weight excluding hydrogens is 304 g/mol. The van der Waals surface area contributed by atoms with Gasteiger partial charge in [0.25, 0.3) is 0 Å². The summed E-state index contributed by atoms with van der Waals surface area (Å²) in [4.78, 5) is 11.1. The molecule has 4 heteroatoms. The summed E-state index contributed by atoms with van der Waals surface area (Å²) in [5, 5.41) is 16.4. The number of aliphatic hydroxyl groups is 2. The molecule has 0 aromatic heterocycles. The van der Waals surface area contributed by atoms with Crippen molar-refractivity contribution in [3.8, 4) is 0 Å². The highest BCUT2D eigenvalue weighted by atomic mass is 16.5. The molecule has 0 amide bonds. The fraction of sp³-hybridized carbons (Fsp3) is 0.650. The van der Waals surface area contributed by atoms with Crippen LogP contribution in [0.3, 0.4) is 0 Å². The Labute approximate surface area is 146 Å². The summed E-state index contributed by atoms with van der Waals surface area (Å²) >= 11 is 0. The lowest BCUT2D eigenvalue weighted by molar-refractivity contribution is -0.140. The van der Waals surface area contributed by atoms with Crippen molar-refractivity contribution in [2.75, 3.05) is 20.8 Å². The molecule has 0 spiro atoms. The number of methoxy groups -OCH3 is 1. The molecule has 2 N–H and O–H groups in total. The van der Waals surface area contributed by atoms with E-state index in [0.717, 1.165) is 26.4 Å².